The van der Waals surface area contributed by atoms with Crippen LogP contribution in [0.2, 0.25) is 0 Å². The van der Waals surface area contributed by atoms with Crippen molar-refractivity contribution in [3.8, 4) is 5.75 Å². The predicted molar refractivity (Wildman–Crippen MR) is 90.5 cm³/mol. The normalized spacial score (nSPS) is 14.8. The third kappa shape index (κ3) is 5.27. The molecular weight excluding hydrogens is 292 g/mol. The fourth-order valence-corrected chi connectivity index (χ4v) is 2.96. The van der Waals surface area contributed by atoms with Gasteiger partial charge in [0.05, 0.1) is 6.10 Å². The maximum absolute atomic E-state index is 12.2. The second-order valence-corrected chi connectivity index (χ2v) is 6.32. The van der Waals surface area contributed by atoms with Gasteiger partial charge in [0, 0.05) is 18.7 Å². The minimum absolute atomic E-state index is 0.0345. The van der Waals surface area contributed by atoms with E-state index in [-0.39, 0.29) is 30.5 Å². The maximum Gasteiger partial charge on any atom is 0.244 e. The average Bonchev–Trinajstić information content (AvgIpc) is 3.00. The lowest BCUT2D eigenvalue weighted by atomic mass is 10.2. The molecule has 0 atom stereocenters. The molecule has 1 aromatic rings. The van der Waals surface area contributed by atoms with Crippen molar-refractivity contribution in [3.05, 3.63) is 24.3 Å². The SMILES string of the molecule is CC(=O)N(CC(=O)Nc1ccc(OC(C)C)cc1)C1CCCC1. The van der Waals surface area contributed by atoms with Gasteiger partial charge in [0.15, 0.2) is 0 Å². The van der Waals surface area contributed by atoms with Gasteiger partial charge < -0.3 is 15.0 Å². The van der Waals surface area contributed by atoms with Gasteiger partial charge in [-0.1, -0.05) is 12.8 Å². The maximum atomic E-state index is 12.2. The van der Waals surface area contributed by atoms with Gasteiger partial charge in [0.2, 0.25) is 11.8 Å². The van der Waals surface area contributed by atoms with E-state index in [4.69, 9.17) is 4.74 Å². The molecule has 1 saturated carbocycles. The summed E-state index contributed by atoms with van der Waals surface area (Å²) in [7, 11) is 0. The van der Waals surface area contributed by atoms with Crippen LogP contribution in [0.5, 0.6) is 5.75 Å². The summed E-state index contributed by atoms with van der Waals surface area (Å²) in [5.41, 5.74) is 0.709. The van der Waals surface area contributed by atoms with Crippen LogP contribution in [0.15, 0.2) is 24.3 Å². The molecular formula is C18H26N2O3. The van der Waals surface area contributed by atoms with Crippen LogP contribution in [-0.2, 0) is 9.59 Å². The van der Waals surface area contributed by atoms with Crippen LogP contribution in [0.4, 0.5) is 5.69 Å². The largest absolute Gasteiger partial charge is 0.491 e. The first-order valence-corrected chi connectivity index (χ1v) is 8.29. The Morgan fingerprint density at radius 2 is 1.83 bits per heavy atom. The zero-order chi connectivity index (χ0) is 16.8. The fourth-order valence-electron chi connectivity index (χ4n) is 2.96. The van der Waals surface area contributed by atoms with Gasteiger partial charge in [-0.15, -0.1) is 0 Å². The highest BCUT2D eigenvalue weighted by molar-refractivity contribution is 5.94. The van der Waals surface area contributed by atoms with E-state index in [1.807, 2.05) is 38.1 Å². The quantitative estimate of drug-likeness (QED) is 0.876. The molecule has 5 nitrogen and oxygen atoms in total. The number of amides is 2. The summed E-state index contributed by atoms with van der Waals surface area (Å²) in [6, 6.07) is 7.48. The Bertz CT molecular complexity index is 534. The van der Waals surface area contributed by atoms with E-state index in [1.54, 1.807) is 4.90 Å². The number of hydrogen-bond donors (Lipinski definition) is 1. The average molecular weight is 318 g/mol. The van der Waals surface area contributed by atoms with Gasteiger partial charge in [-0.2, -0.15) is 0 Å². The molecule has 0 saturated heterocycles. The third-order valence-electron chi connectivity index (χ3n) is 3.99. The number of ether oxygens (including phenoxy) is 1. The smallest absolute Gasteiger partial charge is 0.244 e. The molecule has 5 heteroatoms. The summed E-state index contributed by atoms with van der Waals surface area (Å²) in [6.45, 7) is 5.58. The second kappa shape index (κ2) is 7.99. The summed E-state index contributed by atoms with van der Waals surface area (Å²) in [4.78, 5) is 25.7. The molecule has 1 aliphatic carbocycles. The molecule has 1 N–H and O–H groups in total. The molecule has 2 rings (SSSR count). The lowest BCUT2D eigenvalue weighted by Gasteiger charge is -2.27. The Kier molecular flexibility index (Phi) is 6.02. The van der Waals surface area contributed by atoms with E-state index in [2.05, 4.69) is 5.32 Å². The van der Waals surface area contributed by atoms with Crippen molar-refractivity contribution in [3.63, 3.8) is 0 Å². The van der Waals surface area contributed by atoms with Crippen LogP contribution in [0.1, 0.15) is 46.5 Å². The van der Waals surface area contributed by atoms with Crippen LogP contribution in [-0.4, -0.2) is 35.4 Å². The van der Waals surface area contributed by atoms with E-state index >= 15 is 0 Å². The van der Waals surface area contributed by atoms with Crippen molar-refractivity contribution in [2.45, 2.75) is 58.6 Å². The number of nitrogens with zero attached hydrogens (tertiary/aromatic N) is 1. The molecule has 23 heavy (non-hydrogen) atoms. The zero-order valence-electron chi connectivity index (χ0n) is 14.2. The Balaban J connectivity index is 1.91. The number of anilines is 1. The summed E-state index contributed by atoms with van der Waals surface area (Å²) >= 11 is 0. The van der Waals surface area contributed by atoms with E-state index in [0.717, 1.165) is 31.4 Å². The van der Waals surface area contributed by atoms with Gasteiger partial charge in [-0.25, -0.2) is 0 Å². The lowest BCUT2D eigenvalue weighted by Crippen LogP contribution is -2.42. The van der Waals surface area contributed by atoms with Crippen molar-refractivity contribution >= 4 is 17.5 Å². The second-order valence-electron chi connectivity index (χ2n) is 6.32. The third-order valence-corrected chi connectivity index (χ3v) is 3.99. The molecule has 0 bridgehead atoms. The topological polar surface area (TPSA) is 58.6 Å². The summed E-state index contributed by atoms with van der Waals surface area (Å²) in [6.07, 6.45) is 4.37. The first-order valence-electron chi connectivity index (χ1n) is 8.29. The molecule has 2 amide bonds. The molecule has 1 fully saturated rings. The Morgan fingerprint density at radius 3 is 2.35 bits per heavy atom. The standard InChI is InChI=1S/C18H26N2O3/c1-13(2)23-17-10-8-15(9-11-17)19-18(22)12-20(14(3)21)16-6-4-5-7-16/h8-11,13,16H,4-7,12H2,1-3H3,(H,19,22). The molecule has 1 aromatic carbocycles. The van der Waals surface area contributed by atoms with Crippen LogP contribution in [0, 0.1) is 0 Å². The molecule has 0 aromatic heterocycles. The molecule has 1 aliphatic rings. The molecule has 0 aliphatic heterocycles. The number of nitrogens with one attached hydrogen (secondary N) is 1. The minimum atomic E-state index is -0.162. The first kappa shape index (κ1) is 17.3. The predicted octanol–water partition coefficient (Wildman–Crippen LogP) is 3.20. The molecule has 0 radical (unpaired) electrons. The van der Waals surface area contributed by atoms with Gasteiger partial charge in [-0.3, -0.25) is 9.59 Å². The van der Waals surface area contributed by atoms with E-state index in [9.17, 15) is 9.59 Å². The molecule has 0 spiro atoms. The van der Waals surface area contributed by atoms with Crippen LogP contribution < -0.4 is 10.1 Å². The number of benzene rings is 1. The fraction of sp³-hybridized carbons (Fsp3) is 0.556. The number of hydrogen-bond acceptors (Lipinski definition) is 3. The van der Waals surface area contributed by atoms with E-state index in [1.165, 1.54) is 6.92 Å². The van der Waals surface area contributed by atoms with Crippen molar-refractivity contribution < 1.29 is 14.3 Å². The molecule has 126 valence electrons. The lowest BCUT2D eigenvalue weighted by molar-refractivity contribution is -0.135. The van der Waals surface area contributed by atoms with E-state index in [0.29, 0.717) is 5.69 Å². The van der Waals surface area contributed by atoms with Gasteiger partial charge in [-0.05, 0) is 51.0 Å². The molecule has 0 heterocycles. The van der Waals surface area contributed by atoms with Crippen molar-refractivity contribution in [1.29, 1.82) is 0 Å². The van der Waals surface area contributed by atoms with Gasteiger partial charge >= 0.3 is 0 Å². The number of rotatable bonds is 6. The number of carbonyl (C=O) groups is 2. The monoisotopic (exact) mass is 318 g/mol. The highest BCUT2D eigenvalue weighted by Gasteiger charge is 2.26. The van der Waals surface area contributed by atoms with Gasteiger partial charge in [0.25, 0.3) is 0 Å². The van der Waals surface area contributed by atoms with Crippen LogP contribution >= 0.6 is 0 Å². The summed E-state index contributed by atoms with van der Waals surface area (Å²) < 4.78 is 5.57. The molecule has 0 unspecified atom stereocenters. The Labute approximate surface area is 138 Å². The number of carbonyl (C=O) groups excluding carboxylic acids is 2. The Morgan fingerprint density at radius 1 is 1.22 bits per heavy atom. The summed E-state index contributed by atoms with van der Waals surface area (Å²) in [5, 5.41) is 2.84. The van der Waals surface area contributed by atoms with Crippen molar-refractivity contribution in [2.24, 2.45) is 0 Å². The highest BCUT2D eigenvalue weighted by Crippen LogP contribution is 2.23. The van der Waals surface area contributed by atoms with E-state index < -0.39 is 0 Å². The van der Waals surface area contributed by atoms with Gasteiger partial charge in [0.1, 0.15) is 12.3 Å². The van der Waals surface area contributed by atoms with Crippen molar-refractivity contribution in [1.82, 2.24) is 4.90 Å². The zero-order valence-corrected chi connectivity index (χ0v) is 14.2. The highest BCUT2D eigenvalue weighted by atomic mass is 16.5. The Hall–Kier alpha value is -2.04. The van der Waals surface area contributed by atoms with Crippen molar-refractivity contribution in [2.75, 3.05) is 11.9 Å². The van der Waals surface area contributed by atoms with Crippen LogP contribution in [0.3, 0.4) is 0 Å². The first-order chi connectivity index (χ1) is 11.0. The summed E-state index contributed by atoms with van der Waals surface area (Å²) in [5.74, 6) is 0.576. The minimum Gasteiger partial charge on any atom is -0.491 e. The van der Waals surface area contributed by atoms with Crippen LogP contribution in [0.25, 0.3) is 0 Å².